The van der Waals surface area contributed by atoms with Crippen LogP contribution in [0.4, 0.5) is 5.82 Å². The highest BCUT2D eigenvalue weighted by Crippen LogP contribution is 2.43. The van der Waals surface area contributed by atoms with Crippen LogP contribution in [0, 0.1) is 5.41 Å². The van der Waals surface area contributed by atoms with Crippen LogP contribution < -0.4 is 9.64 Å². The van der Waals surface area contributed by atoms with Gasteiger partial charge in [0.1, 0.15) is 17.1 Å². The quantitative estimate of drug-likeness (QED) is 0.833. The van der Waals surface area contributed by atoms with E-state index in [1.807, 2.05) is 12.1 Å². The molecule has 0 unspecified atom stereocenters. The molecular weight excluding hydrogens is 338 g/mol. The molecule has 142 valence electrons. The van der Waals surface area contributed by atoms with Gasteiger partial charge in [-0.1, -0.05) is 12.1 Å². The van der Waals surface area contributed by atoms with Crippen LogP contribution in [0.25, 0.3) is 10.9 Å². The smallest absolute Gasteiger partial charge is 0.222 e. The molecule has 0 N–H and O–H groups in total. The van der Waals surface area contributed by atoms with Gasteiger partial charge in [0.25, 0.3) is 0 Å². The number of carbonyl (C=O) groups excluding carboxylic acids is 1. The van der Waals surface area contributed by atoms with E-state index >= 15 is 0 Å². The van der Waals surface area contributed by atoms with Crippen molar-refractivity contribution in [1.29, 1.82) is 0 Å². The lowest BCUT2D eigenvalue weighted by Crippen LogP contribution is -2.54. The number of carbonyl (C=O) groups is 1. The van der Waals surface area contributed by atoms with E-state index in [1.54, 1.807) is 7.11 Å². The summed E-state index contributed by atoms with van der Waals surface area (Å²) in [6.07, 6.45) is 6.50. The standard InChI is InChI=1S/C22H27N3O2/c1-27-18-5-2-4-16-6-9-19(23-21(16)18)24-13-3-11-22(14-24)12-10-20(26)25(15-22)17-7-8-17/h2,4-6,9,17H,3,7-8,10-15H2,1H3/t22-/m1/s1. The molecule has 1 atom stereocenters. The minimum Gasteiger partial charge on any atom is -0.494 e. The first-order valence-electron chi connectivity index (χ1n) is 10.2. The molecule has 1 amide bonds. The topological polar surface area (TPSA) is 45.7 Å². The lowest BCUT2D eigenvalue weighted by atomic mass is 9.73. The molecule has 3 fully saturated rings. The molecule has 27 heavy (non-hydrogen) atoms. The molecule has 0 radical (unpaired) electrons. The Balaban J connectivity index is 1.42. The van der Waals surface area contributed by atoms with E-state index in [0.717, 1.165) is 48.5 Å². The van der Waals surface area contributed by atoms with Crippen molar-refractivity contribution in [2.24, 2.45) is 5.41 Å². The van der Waals surface area contributed by atoms with E-state index in [0.29, 0.717) is 18.4 Å². The van der Waals surface area contributed by atoms with Gasteiger partial charge in [-0.15, -0.1) is 0 Å². The summed E-state index contributed by atoms with van der Waals surface area (Å²) in [6.45, 7) is 2.97. The Hall–Kier alpha value is -2.30. The van der Waals surface area contributed by atoms with Crippen LogP contribution in [-0.2, 0) is 4.79 Å². The van der Waals surface area contributed by atoms with Gasteiger partial charge in [-0.25, -0.2) is 4.98 Å². The number of aromatic nitrogens is 1. The Kier molecular flexibility index (Phi) is 3.99. The summed E-state index contributed by atoms with van der Waals surface area (Å²) < 4.78 is 5.51. The normalized spacial score (nSPS) is 26.0. The van der Waals surface area contributed by atoms with Crippen LogP contribution >= 0.6 is 0 Å². The Morgan fingerprint density at radius 3 is 2.85 bits per heavy atom. The molecule has 3 aliphatic rings. The molecule has 1 aromatic heterocycles. The van der Waals surface area contributed by atoms with Crippen molar-refractivity contribution in [2.75, 3.05) is 31.6 Å². The first-order chi connectivity index (χ1) is 13.2. The number of rotatable bonds is 3. The number of nitrogens with zero attached hydrogens (tertiary/aromatic N) is 3. The van der Waals surface area contributed by atoms with E-state index in [4.69, 9.17) is 9.72 Å². The Labute approximate surface area is 160 Å². The van der Waals surface area contributed by atoms with E-state index in [1.165, 1.54) is 25.7 Å². The van der Waals surface area contributed by atoms with Gasteiger partial charge in [-0.05, 0) is 50.3 Å². The number of piperidine rings is 2. The fourth-order valence-electron chi connectivity index (χ4n) is 4.95. The second-order valence-electron chi connectivity index (χ2n) is 8.48. The van der Waals surface area contributed by atoms with Crippen molar-refractivity contribution in [2.45, 2.75) is 44.6 Å². The number of para-hydroxylation sites is 1. The second kappa shape index (κ2) is 6.39. The average Bonchev–Trinajstić information content (AvgIpc) is 3.54. The van der Waals surface area contributed by atoms with Crippen molar-refractivity contribution in [3.8, 4) is 5.75 Å². The number of anilines is 1. The Bertz CT molecular complexity index is 879. The molecule has 2 saturated heterocycles. The maximum absolute atomic E-state index is 12.4. The third-order valence-corrected chi connectivity index (χ3v) is 6.56. The molecule has 3 heterocycles. The zero-order valence-electron chi connectivity index (χ0n) is 16.0. The number of methoxy groups -OCH3 is 1. The summed E-state index contributed by atoms with van der Waals surface area (Å²) in [5.41, 5.74) is 1.15. The van der Waals surface area contributed by atoms with E-state index < -0.39 is 0 Å². The molecule has 1 aromatic carbocycles. The third-order valence-electron chi connectivity index (χ3n) is 6.56. The SMILES string of the molecule is COc1cccc2ccc(N3CCC[C@@]4(CCC(=O)N(C5CC5)C4)C3)nc12. The Morgan fingerprint density at radius 1 is 1.15 bits per heavy atom. The van der Waals surface area contributed by atoms with Crippen LogP contribution in [0.3, 0.4) is 0 Å². The highest BCUT2D eigenvalue weighted by molar-refractivity contribution is 5.86. The van der Waals surface area contributed by atoms with Crippen molar-refractivity contribution >= 4 is 22.6 Å². The number of hydrogen-bond acceptors (Lipinski definition) is 4. The molecule has 2 aliphatic heterocycles. The van der Waals surface area contributed by atoms with E-state index in [-0.39, 0.29) is 5.41 Å². The van der Waals surface area contributed by atoms with Gasteiger partial charge in [0, 0.05) is 42.9 Å². The van der Waals surface area contributed by atoms with Crippen molar-refractivity contribution in [1.82, 2.24) is 9.88 Å². The predicted octanol–water partition coefficient (Wildman–Crippen LogP) is 3.61. The maximum Gasteiger partial charge on any atom is 0.222 e. The van der Waals surface area contributed by atoms with Crippen molar-refractivity contribution < 1.29 is 9.53 Å². The van der Waals surface area contributed by atoms with Crippen LogP contribution in [0.15, 0.2) is 30.3 Å². The molecule has 5 nitrogen and oxygen atoms in total. The average molecular weight is 365 g/mol. The zero-order valence-corrected chi connectivity index (χ0v) is 16.0. The summed E-state index contributed by atoms with van der Waals surface area (Å²) in [5.74, 6) is 2.22. The first-order valence-corrected chi connectivity index (χ1v) is 10.2. The fraction of sp³-hybridized carbons (Fsp3) is 0.545. The van der Waals surface area contributed by atoms with Gasteiger partial charge >= 0.3 is 0 Å². The number of benzene rings is 1. The zero-order chi connectivity index (χ0) is 18.4. The monoisotopic (exact) mass is 365 g/mol. The highest BCUT2D eigenvalue weighted by Gasteiger charge is 2.45. The summed E-state index contributed by atoms with van der Waals surface area (Å²) in [5, 5.41) is 1.10. The van der Waals surface area contributed by atoms with Gasteiger partial charge in [-0.2, -0.15) is 0 Å². The lowest BCUT2D eigenvalue weighted by Gasteiger charge is -2.48. The van der Waals surface area contributed by atoms with E-state index in [2.05, 4.69) is 28.0 Å². The highest BCUT2D eigenvalue weighted by atomic mass is 16.5. The predicted molar refractivity (Wildman–Crippen MR) is 106 cm³/mol. The molecule has 1 aliphatic carbocycles. The van der Waals surface area contributed by atoms with Gasteiger partial charge in [0.15, 0.2) is 0 Å². The molecule has 5 rings (SSSR count). The number of ether oxygens (including phenoxy) is 1. The number of amides is 1. The van der Waals surface area contributed by atoms with Crippen LogP contribution in [-0.4, -0.2) is 48.6 Å². The molecular formula is C22H27N3O2. The summed E-state index contributed by atoms with van der Waals surface area (Å²) in [6, 6.07) is 10.8. The molecule has 1 saturated carbocycles. The number of pyridine rings is 1. The summed E-state index contributed by atoms with van der Waals surface area (Å²) in [4.78, 5) is 21.9. The second-order valence-corrected chi connectivity index (χ2v) is 8.48. The lowest BCUT2D eigenvalue weighted by molar-refractivity contribution is -0.138. The van der Waals surface area contributed by atoms with Crippen molar-refractivity contribution in [3.63, 3.8) is 0 Å². The number of fused-ring (bicyclic) bond motifs is 1. The molecule has 5 heteroatoms. The minimum absolute atomic E-state index is 0.228. The third kappa shape index (κ3) is 3.03. The van der Waals surface area contributed by atoms with Gasteiger partial charge < -0.3 is 14.5 Å². The van der Waals surface area contributed by atoms with Gasteiger partial charge in [0.05, 0.1) is 7.11 Å². The largest absolute Gasteiger partial charge is 0.494 e. The summed E-state index contributed by atoms with van der Waals surface area (Å²) in [7, 11) is 1.70. The van der Waals surface area contributed by atoms with Crippen LogP contribution in [0.5, 0.6) is 5.75 Å². The maximum atomic E-state index is 12.4. The molecule has 2 aromatic rings. The number of hydrogen-bond donors (Lipinski definition) is 0. The minimum atomic E-state index is 0.228. The van der Waals surface area contributed by atoms with Crippen LogP contribution in [0.2, 0.25) is 0 Å². The summed E-state index contributed by atoms with van der Waals surface area (Å²) >= 11 is 0. The molecule has 1 spiro atoms. The Morgan fingerprint density at radius 2 is 2.04 bits per heavy atom. The van der Waals surface area contributed by atoms with Gasteiger partial charge in [-0.3, -0.25) is 4.79 Å². The van der Waals surface area contributed by atoms with Crippen LogP contribution in [0.1, 0.15) is 38.5 Å². The van der Waals surface area contributed by atoms with Gasteiger partial charge in [0.2, 0.25) is 5.91 Å². The fourth-order valence-corrected chi connectivity index (χ4v) is 4.95. The van der Waals surface area contributed by atoms with E-state index in [9.17, 15) is 4.79 Å². The van der Waals surface area contributed by atoms with Crippen molar-refractivity contribution in [3.05, 3.63) is 30.3 Å². The first kappa shape index (κ1) is 16.8. The number of likely N-dealkylation sites (tertiary alicyclic amines) is 1. The molecule has 0 bridgehead atoms.